The summed E-state index contributed by atoms with van der Waals surface area (Å²) in [5.41, 5.74) is 1.30. The van der Waals surface area contributed by atoms with Crippen molar-refractivity contribution in [3.05, 3.63) is 35.9 Å². The fourth-order valence-electron chi connectivity index (χ4n) is 3.51. The lowest BCUT2D eigenvalue weighted by Crippen LogP contribution is -2.47. The van der Waals surface area contributed by atoms with E-state index < -0.39 is 0 Å². The molecule has 1 fully saturated rings. The minimum Gasteiger partial charge on any atom is -0.359 e. The Balaban J connectivity index is 1.88. The number of carbonyl (C=O) groups is 1. The van der Waals surface area contributed by atoms with Crippen molar-refractivity contribution in [3.63, 3.8) is 0 Å². The Morgan fingerprint density at radius 1 is 1.27 bits per heavy atom. The van der Waals surface area contributed by atoms with E-state index >= 15 is 0 Å². The summed E-state index contributed by atoms with van der Waals surface area (Å²) in [5, 5.41) is 6.26. The van der Waals surface area contributed by atoms with Crippen LogP contribution in [-0.4, -0.2) is 69.5 Å². The smallest absolute Gasteiger partial charge is 0.220 e. The van der Waals surface area contributed by atoms with Gasteiger partial charge >= 0.3 is 0 Å². The first-order valence-electron chi connectivity index (χ1n) is 9.42. The van der Waals surface area contributed by atoms with Gasteiger partial charge in [-0.15, -0.1) is 0 Å². The zero-order chi connectivity index (χ0) is 18.9. The summed E-state index contributed by atoms with van der Waals surface area (Å²) >= 11 is 0. The first kappa shape index (κ1) is 20.2. The van der Waals surface area contributed by atoms with Crippen molar-refractivity contribution in [1.29, 1.82) is 0 Å². The van der Waals surface area contributed by atoms with E-state index in [-0.39, 0.29) is 5.91 Å². The van der Waals surface area contributed by atoms with Crippen LogP contribution in [0.15, 0.2) is 35.3 Å². The second-order valence-electron chi connectivity index (χ2n) is 7.13. The maximum atomic E-state index is 11.6. The van der Waals surface area contributed by atoms with Gasteiger partial charge in [0.05, 0.1) is 6.04 Å². The Morgan fingerprint density at radius 3 is 2.46 bits per heavy atom. The molecule has 1 aromatic rings. The molecule has 2 N–H and O–H groups in total. The van der Waals surface area contributed by atoms with E-state index in [0.717, 1.165) is 38.4 Å². The molecule has 1 unspecified atom stereocenters. The van der Waals surface area contributed by atoms with Crippen molar-refractivity contribution < 1.29 is 4.79 Å². The number of hydrogen-bond donors (Lipinski definition) is 2. The highest BCUT2D eigenvalue weighted by Gasteiger charge is 2.24. The summed E-state index contributed by atoms with van der Waals surface area (Å²) in [4.78, 5) is 20.6. The van der Waals surface area contributed by atoms with Gasteiger partial charge in [0, 0.05) is 40.2 Å². The van der Waals surface area contributed by atoms with E-state index in [2.05, 4.69) is 63.8 Å². The Hall–Kier alpha value is -2.08. The number of piperidine rings is 1. The average molecular weight is 360 g/mol. The lowest BCUT2D eigenvalue weighted by Gasteiger charge is -2.35. The molecule has 1 aromatic carbocycles. The third kappa shape index (κ3) is 5.73. The van der Waals surface area contributed by atoms with E-state index in [9.17, 15) is 4.79 Å². The van der Waals surface area contributed by atoms with Gasteiger partial charge in [-0.1, -0.05) is 30.3 Å². The molecule has 0 saturated carbocycles. The second-order valence-corrected chi connectivity index (χ2v) is 7.13. The number of likely N-dealkylation sites (N-methyl/N-ethyl adjacent to an activating group) is 1. The zero-order valence-electron chi connectivity index (χ0n) is 16.5. The number of rotatable bonds is 6. The molecule has 0 aromatic heterocycles. The van der Waals surface area contributed by atoms with Crippen molar-refractivity contribution >= 4 is 11.9 Å². The summed E-state index contributed by atoms with van der Waals surface area (Å²) in [6.07, 6.45) is 2.70. The molecule has 1 atom stereocenters. The molecular formula is C20H33N5O. The number of carbonyl (C=O) groups excluding carboxylic acids is 1. The monoisotopic (exact) mass is 359 g/mol. The van der Waals surface area contributed by atoms with Crippen LogP contribution >= 0.6 is 0 Å². The van der Waals surface area contributed by atoms with Crippen LogP contribution in [0.2, 0.25) is 0 Å². The van der Waals surface area contributed by atoms with Crippen LogP contribution in [0, 0.1) is 5.92 Å². The summed E-state index contributed by atoms with van der Waals surface area (Å²) in [6, 6.07) is 10.8. The number of amides is 1. The van der Waals surface area contributed by atoms with Gasteiger partial charge in [0.15, 0.2) is 5.96 Å². The fourth-order valence-corrected chi connectivity index (χ4v) is 3.51. The molecule has 6 heteroatoms. The summed E-state index contributed by atoms with van der Waals surface area (Å²) in [5.74, 6) is 1.57. The molecule has 0 radical (unpaired) electrons. The minimum absolute atomic E-state index is 0.141. The molecule has 6 nitrogen and oxygen atoms in total. The summed E-state index contributed by atoms with van der Waals surface area (Å²) in [6.45, 7) is 2.69. The Bertz CT molecular complexity index is 579. The van der Waals surface area contributed by atoms with Crippen LogP contribution in [-0.2, 0) is 4.79 Å². The maximum absolute atomic E-state index is 11.6. The molecule has 0 spiro atoms. The van der Waals surface area contributed by atoms with Crippen molar-refractivity contribution in [1.82, 2.24) is 20.4 Å². The molecular weight excluding hydrogens is 326 g/mol. The molecule has 26 heavy (non-hydrogen) atoms. The van der Waals surface area contributed by atoms with Crippen LogP contribution in [0.4, 0.5) is 0 Å². The highest BCUT2D eigenvalue weighted by Crippen LogP contribution is 2.21. The number of aliphatic imine (C=N–C) groups is 1. The van der Waals surface area contributed by atoms with Gasteiger partial charge in [-0.25, -0.2) is 0 Å². The van der Waals surface area contributed by atoms with Gasteiger partial charge < -0.3 is 20.4 Å². The lowest BCUT2D eigenvalue weighted by molar-refractivity contribution is -0.121. The number of hydrogen-bond acceptors (Lipinski definition) is 3. The van der Waals surface area contributed by atoms with Gasteiger partial charge in [-0.3, -0.25) is 9.79 Å². The summed E-state index contributed by atoms with van der Waals surface area (Å²) in [7, 11) is 7.75. The molecule has 1 heterocycles. The minimum atomic E-state index is 0.141. The highest BCUT2D eigenvalue weighted by atomic mass is 16.1. The van der Waals surface area contributed by atoms with Crippen LogP contribution in [0.25, 0.3) is 0 Å². The van der Waals surface area contributed by atoms with Crippen LogP contribution in [0.1, 0.15) is 30.9 Å². The van der Waals surface area contributed by atoms with E-state index in [1.807, 2.05) is 13.1 Å². The predicted octanol–water partition coefficient (Wildman–Crippen LogP) is 1.71. The topological polar surface area (TPSA) is 60.0 Å². The van der Waals surface area contributed by atoms with Gasteiger partial charge in [-0.05, 0) is 38.4 Å². The molecule has 0 aliphatic carbocycles. The van der Waals surface area contributed by atoms with Crippen molar-refractivity contribution in [2.75, 3.05) is 47.8 Å². The zero-order valence-corrected chi connectivity index (χ0v) is 16.5. The van der Waals surface area contributed by atoms with Crippen LogP contribution in [0.5, 0.6) is 0 Å². The first-order valence-corrected chi connectivity index (χ1v) is 9.42. The average Bonchev–Trinajstić information content (AvgIpc) is 2.66. The lowest BCUT2D eigenvalue weighted by atomic mass is 9.93. The highest BCUT2D eigenvalue weighted by molar-refractivity contribution is 5.80. The van der Waals surface area contributed by atoms with E-state index in [0.29, 0.717) is 18.4 Å². The molecule has 1 aliphatic heterocycles. The molecule has 144 valence electrons. The van der Waals surface area contributed by atoms with Gasteiger partial charge in [0.2, 0.25) is 5.91 Å². The van der Waals surface area contributed by atoms with Crippen LogP contribution < -0.4 is 10.6 Å². The standard InChI is InChI=1S/C20H33N5O/c1-21-19(26)14-16-10-12-25(13-11-16)20(22-2)23-15-18(24(3)4)17-8-6-5-7-9-17/h5-9,16,18H,10-15H2,1-4H3,(H,21,26)(H,22,23). The summed E-state index contributed by atoms with van der Waals surface area (Å²) < 4.78 is 0. The number of guanidine groups is 1. The molecule has 1 amide bonds. The van der Waals surface area contributed by atoms with Gasteiger partial charge in [0.25, 0.3) is 0 Å². The maximum Gasteiger partial charge on any atom is 0.220 e. The number of likely N-dealkylation sites (tertiary alicyclic amines) is 1. The largest absolute Gasteiger partial charge is 0.359 e. The third-order valence-corrected chi connectivity index (χ3v) is 5.14. The normalized spacial score (nSPS) is 17.3. The second kappa shape index (κ2) is 10.2. The molecule has 2 rings (SSSR count). The number of nitrogens with one attached hydrogen (secondary N) is 2. The molecule has 1 aliphatic rings. The predicted molar refractivity (Wildman–Crippen MR) is 107 cm³/mol. The first-order chi connectivity index (χ1) is 12.5. The van der Waals surface area contributed by atoms with E-state index in [1.54, 1.807) is 7.05 Å². The number of benzene rings is 1. The van der Waals surface area contributed by atoms with Crippen molar-refractivity contribution in [3.8, 4) is 0 Å². The van der Waals surface area contributed by atoms with Crippen molar-refractivity contribution in [2.24, 2.45) is 10.9 Å². The fraction of sp³-hybridized carbons (Fsp3) is 0.600. The third-order valence-electron chi connectivity index (χ3n) is 5.14. The Labute approximate surface area is 157 Å². The quantitative estimate of drug-likeness (QED) is 0.600. The van der Waals surface area contributed by atoms with E-state index in [4.69, 9.17) is 0 Å². The van der Waals surface area contributed by atoms with Gasteiger partial charge in [-0.2, -0.15) is 0 Å². The SMILES string of the molecule is CN=C(NCC(c1ccccc1)N(C)C)N1CCC(CC(=O)NC)CC1. The van der Waals surface area contributed by atoms with Gasteiger partial charge in [0.1, 0.15) is 0 Å². The number of nitrogens with zero attached hydrogens (tertiary/aromatic N) is 3. The molecule has 1 saturated heterocycles. The van der Waals surface area contributed by atoms with Crippen molar-refractivity contribution in [2.45, 2.75) is 25.3 Å². The molecule has 0 bridgehead atoms. The van der Waals surface area contributed by atoms with E-state index in [1.165, 1.54) is 5.56 Å². The Morgan fingerprint density at radius 2 is 1.92 bits per heavy atom. The van der Waals surface area contributed by atoms with Crippen LogP contribution in [0.3, 0.4) is 0 Å². The Kier molecular flexibility index (Phi) is 7.91.